The number of H-pyrrole nitrogens is 1. The first kappa shape index (κ1) is 7.22. The molecule has 4 heteroatoms. The lowest BCUT2D eigenvalue weighted by Crippen LogP contribution is -2.07. The molecule has 0 atom stereocenters. The maximum Gasteiger partial charge on any atom is 0.145 e. The summed E-state index contributed by atoms with van der Waals surface area (Å²) in [5.74, 6) is 0.906. The topological polar surface area (TPSA) is 37.9 Å². The SMILES string of the molecule is Bc1c(OC)ccc2[nH]ncc12. The molecule has 0 saturated carbocycles. The molecule has 0 spiro atoms. The highest BCUT2D eigenvalue weighted by molar-refractivity contribution is 6.40. The van der Waals surface area contributed by atoms with Crippen LogP contribution in [0.2, 0.25) is 0 Å². The van der Waals surface area contributed by atoms with Gasteiger partial charge in [0.25, 0.3) is 0 Å². The fourth-order valence-electron chi connectivity index (χ4n) is 1.36. The molecular formula is C8H9BN2O. The second kappa shape index (κ2) is 2.55. The van der Waals surface area contributed by atoms with Crippen molar-refractivity contribution in [2.45, 2.75) is 0 Å². The van der Waals surface area contributed by atoms with Crippen molar-refractivity contribution in [2.24, 2.45) is 0 Å². The summed E-state index contributed by atoms with van der Waals surface area (Å²) in [7, 11) is 3.70. The van der Waals surface area contributed by atoms with E-state index in [-0.39, 0.29) is 0 Å². The first-order valence-electron chi connectivity index (χ1n) is 3.79. The molecule has 1 N–H and O–H groups in total. The number of fused-ring (bicyclic) bond motifs is 1. The Morgan fingerprint density at radius 2 is 2.33 bits per heavy atom. The number of methoxy groups -OCH3 is 1. The van der Waals surface area contributed by atoms with E-state index in [9.17, 15) is 0 Å². The van der Waals surface area contributed by atoms with Crippen molar-refractivity contribution in [3.63, 3.8) is 0 Å². The smallest absolute Gasteiger partial charge is 0.145 e. The first-order chi connectivity index (χ1) is 5.83. The molecule has 0 unspecified atom stereocenters. The standard InChI is InChI=1S/C8H9BN2O/c1-12-7-3-2-6-5(8(7)9)4-10-11-6/h2-4H,9H2,1H3,(H,10,11). The van der Waals surface area contributed by atoms with E-state index in [1.807, 2.05) is 26.2 Å². The van der Waals surface area contributed by atoms with Crippen molar-refractivity contribution in [2.75, 3.05) is 7.11 Å². The molecule has 0 saturated heterocycles. The number of nitrogens with one attached hydrogen (secondary N) is 1. The van der Waals surface area contributed by atoms with Crippen LogP contribution in [0.25, 0.3) is 10.9 Å². The van der Waals surface area contributed by atoms with E-state index in [2.05, 4.69) is 10.2 Å². The molecule has 0 aliphatic rings. The zero-order chi connectivity index (χ0) is 8.55. The van der Waals surface area contributed by atoms with Crippen LogP contribution in [-0.4, -0.2) is 25.2 Å². The van der Waals surface area contributed by atoms with Gasteiger partial charge in [-0.05, 0) is 17.6 Å². The molecule has 12 heavy (non-hydrogen) atoms. The van der Waals surface area contributed by atoms with Crippen LogP contribution in [0.1, 0.15) is 0 Å². The third kappa shape index (κ3) is 0.880. The predicted octanol–water partition coefficient (Wildman–Crippen LogP) is -0.170. The highest BCUT2D eigenvalue weighted by atomic mass is 16.5. The van der Waals surface area contributed by atoms with Gasteiger partial charge in [0.05, 0.1) is 18.8 Å². The van der Waals surface area contributed by atoms with Gasteiger partial charge in [0.1, 0.15) is 13.6 Å². The summed E-state index contributed by atoms with van der Waals surface area (Å²) in [5, 5.41) is 7.98. The van der Waals surface area contributed by atoms with Gasteiger partial charge >= 0.3 is 0 Å². The Hall–Kier alpha value is -1.45. The van der Waals surface area contributed by atoms with Crippen LogP contribution in [0, 0.1) is 0 Å². The summed E-state index contributed by atoms with van der Waals surface area (Å²) in [4.78, 5) is 0. The molecule has 1 aromatic heterocycles. The summed E-state index contributed by atoms with van der Waals surface area (Å²) in [6.07, 6.45) is 1.81. The number of benzene rings is 1. The zero-order valence-electron chi connectivity index (χ0n) is 7.09. The molecule has 0 amide bonds. The lowest BCUT2D eigenvalue weighted by molar-refractivity contribution is 0.418. The Kier molecular flexibility index (Phi) is 1.53. The molecule has 0 radical (unpaired) electrons. The number of rotatable bonds is 1. The van der Waals surface area contributed by atoms with E-state index in [1.165, 1.54) is 0 Å². The maximum absolute atomic E-state index is 5.18. The number of aromatic nitrogens is 2. The lowest BCUT2D eigenvalue weighted by atomic mass is 9.91. The normalized spacial score (nSPS) is 10.4. The number of aromatic amines is 1. The second-order valence-corrected chi connectivity index (χ2v) is 2.72. The van der Waals surface area contributed by atoms with Crippen molar-refractivity contribution < 1.29 is 4.74 Å². The Morgan fingerprint density at radius 1 is 1.50 bits per heavy atom. The van der Waals surface area contributed by atoms with Crippen molar-refractivity contribution in [3.8, 4) is 5.75 Å². The van der Waals surface area contributed by atoms with Crippen molar-refractivity contribution in [1.29, 1.82) is 0 Å². The van der Waals surface area contributed by atoms with Crippen LogP contribution in [0.4, 0.5) is 0 Å². The molecule has 0 aliphatic heterocycles. The first-order valence-corrected chi connectivity index (χ1v) is 3.79. The Labute approximate surface area is 71.1 Å². The average molecular weight is 160 g/mol. The zero-order valence-corrected chi connectivity index (χ0v) is 7.09. The van der Waals surface area contributed by atoms with Crippen molar-refractivity contribution in [1.82, 2.24) is 10.2 Å². The fourth-order valence-corrected chi connectivity index (χ4v) is 1.36. The van der Waals surface area contributed by atoms with Crippen LogP contribution in [0.3, 0.4) is 0 Å². The van der Waals surface area contributed by atoms with Gasteiger partial charge in [-0.2, -0.15) is 5.10 Å². The summed E-state index contributed by atoms with van der Waals surface area (Å²) in [6, 6.07) is 3.91. The highest BCUT2D eigenvalue weighted by Crippen LogP contribution is 2.14. The van der Waals surface area contributed by atoms with Crippen LogP contribution in [0.5, 0.6) is 5.75 Å². The second-order valence-electron chi connectivity index (χ2n) is 2.72. The molecule has 1 aromatic carbocycles. The molecule has 0 aliphatic carbocycles. The Bertz CT molecular complexity index is 410. The van der Waals surface area contributed by atoms with Crippen molar-refractivity contribution >= 4 is 24.2 Å². The molecule has 2 rings (SSSR count). The molecule has 0 bridgehead atoms. The van der Waals surface area contributed by atoms with E-state index in [0.29, 0.717) is 0 Å². The molecular weight excluding hydrogens is 151 g/mol. The molecule has 60 valence electrons. The largest absolute Gasteiger partial charge is 0.497 e. The minimum atomic E-state index is 0.906. The summed E-state index contributed by atoms with van der Waals surface area (Å²) in [6.45, 7) is 0. The fraction of sp³-hybridized carbons (Fsp3) is 0.125. The monoisotopic (exact) mass is 160 g/mol. The Morgan fingerprint density at radius 3 is 3.08 bits per heavy atom. The quantitative estimate of drug-likeness (QED) is 0.588. The van der Waals surface area contributed by atoms with Gasteiger partial charge in [-0.15, -0.1) is 0 Å². The van der Waals surface area contributed by atoms with E-state index >= 15 is 0 Å². The minimum Gasteiger partial charge on any atom is -0.497 e. The number of hydrogen-bond acceptors (Lipinski definition) is 2. The van der Waals surface area contributed by atoms with Gasteiger partial charge in [-0.3, -0.25) is 5.10 Å². The van der Waals surface area contributed by atoms with Crippen LogP contribution in [0.15, 0.2) is 18.3 Å². The summed E-state index contributed by atoms with van der Waals surface area (Å²) >= 11 is 0. The summed E-state index contributed by atoms with van der Waals surface area (Å²) < 4.78 is 5.18. The number of ether oxygens (including phenoxy) is 1. The lowest BCUT2D eigenvalue weighted by Gasteiger charge is -2.03. The third-order valence-corrected chi connectivity index (χ3v) is 2.06. The van der Waals surface area contributed by atoms with E-state index < -0.39 is 0 Å². The van der Waals surface area contributed by atoms with Gasteiger partial charge < -0.3 is 4.74 Å². The molecule has 1 heterocycles. The Balaban J connectivity index is 2.78. The number of nitrogens with zero attached hydrogens (tertiary/aromatic N) is 1. The average Bonchev–Trinajstić information content (AvgIpc) is 2.53. The molecule has 2 aromatic rings. The maximum atomic E-state index is 5.18. The number of hydrogen-bond donors (Lipinski definition) is 1. The van der Waals surface area contributed by atoms with Crippen molar-refractivity contribution in [3.05, 3.63) is 18.3 Å². The van der Waals surface area contributed by atoms with E-state index in [1.54, 1.807) is 7.11 Å². The van der Waals surface area contributed by atoms with Gasteiger partial charge in [0.15, 0.2) is 0 Å². The molecule has 3 nitrogen and oxygen atoms in total. The van der Waals surface area contributed by atoms with Gasteiger partial charge in [0.2, 0.25) is 0 Å². The van der Waals surface area contributed by atoms with Crippen LogP contribution < -0.4 is 10.2 Å². The van der Waals surface area contributed by atoms with Crippen LogP contribution >= 0.6 is 0 Å². The predicted molar refractivity (Wildman–Crippen MR) is 50.8 cm³/mol. The van der Waals surface area contributed by atoms with Crippen LogP contribution in [-0.2, 0) is 0 Å². The van der Waals surface area contributed by atoms with Gasteiger partial charge in [-0.1, -0.05) is 0 Å². The van der Waals surface area contributed by atoms with E-state index in [4.69, 9.17) is 4.74 Å². The minimum absolute atomic E-state index is 0.906. The molecule has 0 fully saturated rings. The summed E-state index contributed by atoms with van der Waals surface area (Å²) in [5.41, 5.74) is 2.18. The van der Waals surface area contributed by atoms with Gasteiger partial charge in [0, 0.05) is 5.39 Å². The van der Waals surface area contributed by atoms with Gasteiger partial charge in [-0.25, -0.2) is 0 Å². The third-order valence-electron chi connectivity index (χ3n) is 2.06. The van der Waals surface area contributed by atoms with E-state index in [0.717, 1.165) is 22.1 Å². The highest BCUT2D eigenvalue weighted by Gasteiger charge is 2.03.